The van der Waals surface area contributed by atoms with Gasteiger partial charge in [-0.25, -0.2) is 0 Å². The molecule has 0 saturated carbocycles. The molecule has 22 heavy (non-hydrogen) atoms. The number of piperidine rings is 1. The first-order chi connectivity index (χ1) is 10.8. The van der Waals surface area contributed by atoms with Crippen LogP contribution in [0.1, 0.15) is 31.7 Å². The van der Waals surface area contributed by atoms with Gasteiger partial charge in [0.1, 0.15) is 5.75 Å². The molecule has 116 valence electrons. The summed E-state index contributed by atoms with van der Waals surface area (Å²) in [6.07, 6.45) is 8.86. The Bertz CT molecular complexity index is 678. The Balaban J connectivity index is 1.68. The quantitative estimate of drug-likeness (QED) is 0.843. The summed E-state index contributed by atoms with van der Waals surface area (Å²) in [6, 6.07) is 7.51. The standard InChI is InChI=1S/C19H24N2O/c1-2-14-13-20-10-8-15(14)4-3-5-16-9-11-21-19-7-6-17(22)12-18(16)19/h2,6-7,9,11-12,15,20,22H,3-5,8,10,13H2,1H3/b14-2+/t15-/m1/s1. The van der Waals surface area contributed by atoms with Crippen LogP contribution in [0.4, 0.5) is 0 Å². The third kappa shape index (κ3) is 3.30. The first kappa shape index (κ1) is 15.0. The predicted molar refractivity (Wildman–Crippen MR) is 91.1 cm³/mol. The SMILES string of the molecule is C/C=C1\CNCC[C@H]1CCCc1ccnc2ccc(O)cc12. The molecule has 3 nitrogen and oxygen atoms in total. The molecule has 1 fully saturated rings. The average molecular weight is 296 g/mol. The summed E-state index contributed by atoms with van der Waals surface area (Å²) in [4.78, 5) is 4.38. The van der Waals surface area contributed by atoms with Crippen molar-refractivity contribution in [3.63, 3.8) is 0 Å². The fraction of sp³-hybridized carbons (Fsp3) is 0.421. The van der Waals surface area contributed by atoms with E-state index in [9.17, 15) is 5.11 Å². The maximum Gasteiger partial charge on any atom is 0.116 e. The fourth-order valence-corrected chi connectivity index (χ4v) is 3.45. The first-order valence-electron chi connectivity index (χ1n) is 8.20. The van der Waals surface area contributed by atoms with Gasteiger partial charge in [0.2, 0.25) is 0 Å². The second kappa shape index (κ2) is 6.93. The van der Waals surface area contributed by atoms with Crippen LogP contribution in [0.25, 0.3) is 10.9 Å². The molecule has 1 aromatic carbocycles. The second-order valence-corrected chi connectivity index (χ2v) is 6.09. The molecule has 0 bridgehead atoms. The normalized spacial score (nSPS) is 20.6. The molecule has 2 N–H and O–H groups in total. The Morgan fingerprint density at radius 2 is 2.27 bits per heavy atom. The van der Waals surface area contributed by atoms with Crippen molar-refractivity contribution >= 4 is 10.9 Å². The van der Waals surface area contributed by atoms with E-state index in [1.165, 1.54) is 24.8 Å². The highest BCUT2D eigenvalue weighted by atomic mass is 16.3. The van der Waals surface area contributed by atoms with Crippen molar-refractivity contribution in [1.82, 2.24) is 10.3 Å². The molecule has 0 spiro atoms. The number of aromatic nitrogens is 1. The summed E-state index contributed by atoms with van der Waals surface area (Å²) < 4.78 is 0. The van der Waals surface area contributed by atoms with Crippen molar-refractivity contribution in [3.8, 4) is 5.75 Å². The van der Waals surface area contributed by atoms with Crippen molar-refractivity contribution in [2.75, 3.05) is 13.1 Å². The maximum atomic E-state index is 9.71. The molecule has 3 heteroatoms. The number of phenols is 1. The smallest absolute Gasteiger partial charge is 0.116 e. The van der Waals surface area contributed by atoms with E-state index in [0.717, 1.165) is 36.3 Å². The number of rotatable bonds is 4. The van der Waals surface area contributed by atoms with E-state index in [1.807, 2.05) is 18.3 Å². The molecule has 1 aliphatic rings. The van der Waals surface area contributed by atoms with E-state index in [-0.39, 0.29) is 0 Å². The lowest BCUT2D eigenvalue weighted by Gasteiger charge is -2.26. The zero-order chi connectivity index (χ0) is 15.4. The number of benzene rings is 1. The summed E-state index contributed by atoms with van der Waals surface area (Å²) in [5.41, 5.74) is 3.81. The summed E-state index contributed by atoms with van der Waals surface area (Å²) >= 11 is 0. The van der Waals surface area contributed by atoms with Crippen molar-refractivity contribution < 1.29 is 5.11 Å². The number of aryl methyl sites for hydroxylation is 1. The Labute approximate surface area is 132 Å². The average Bonchev–Trinajstić information content (AvgIpc) is 2.55. The number of fused-ring (bicyclic) bond motifs is 1. The highest BCUT2D eigenvalue weighted by Gasteiger charge is 2.17. The minimum Gasteiger partial charge on any atom is -0.508 e. The van der Waals surface area contributed by atoms with Crippen LogP contribution in [0.15, 0.2) is 42.1 Å². The lowest BCUT2D eigenvalue weighted by Crippen LogP contribution is -2.30. The van der Waals surface area contributed by atoms with Crippen molar-refractivity contribution in [3.05, 3.63) is 47.7 Å². The minimum absolute atomic E-state index is 0.316. The van der Waals surface area contributed by atoms with Gasteiger partial charge in [-0.05, 0) is 74.9 Å². The molecule has 1 saturated heterocycles. The molecule has 0 radical (unpaired) electrons. The summed E-state index contributed by atoms with van der Waals surface area (Å²) in [5, 5.41) is 14.2. The lowest BCUT2D eigenvalue weighted by atomic mass is 9.87. The zero-order valence-corrected chi connectivity index (χ0v) is 13.2. The number of allylic oxidation sites excluding steroid dienone is 1. The van der Waals surface area contributed by atoms with Gasteiger partial charge in [-0.2, -0.15) is 0 Å². The van der Waals surface area contributed by atoms with Crippen LogP contribution in [0.3, 0.4) is 0 Å². The number of hydrogen-bond donors (Lipinski definition) is 2. The van der Waals surface area contributed by atoms with E-state index in [1.54, 1.807) is 11.6 Å². The highest BCUT2D eigenvalue weighted by molar-refractivity contribution is 5.83. The van der Waals surface area contributed by atoms with E-state index in [0.29, 0.717) is 5.75 Å². The predicted octanol–water partition coefficient (Wildman–Crippen LogP) is 3.82. The molecule has 2 aromatic rings. The number of pyridine rings is 1. The minimum atomic E-state index is 0.316. The summed E-state index contributed by atoms with van der Waals surface area (Å²) in [7, 11) is 0. The van der Waals surface area contributed by atoms with Gasteiger partial charge in [-0.3, -0.25) is 4.98 Å². The number of aromatic hydroxyl groups is 1. The van der Waals surface area contributed by atoms with Crippen LogP contribution in [-0.2, 0) is 6.42 Å². The topological polar surface area (TPSA) is 45.2 Å². The largest absolute Gasteiger partial charge is 0.508 e. The number of nitrogens with zero attached hydrogens (tertiary/aromatic N) is 1. The Morgan fingerprint density at radius 3 is 3.14 bits per heavy atom. The monoisotopic (exact) mass is 296 g/mol. The van der Waals surface area contributed by atoms with Gasteiger partial charge in [0.25, 0.3) is 0 Å². The maximum absolute atomic E-state index is 9.71. The van der Waals surface area contributed by atoms with Gasteiger partial charge in [-0.15, -0.1) is 0 Å². The van der Waals surface area contributed by atoms with Gasteiger partial charge >= 0.3 is 0 Å². The van der Waals surface area contributed by atoms with Crippen molar-refractivity contribution in [2.24, 2.45) is 5.92 Å². The van der Waals surface area contributed by atoms with Crippen molar-refractivity contribution in [1.29, 1.82) is 0 Å². The molecule has 1 aromatic heterocycles. The summed E-state index contributed by atoms with van der Waals surface area (Å²) in [6.45, 7) is 4.33. The van der Waals surface area contributed by atoms with Crippen LogP contribution in [0, 0.1) is 5.92 Å². The van der Waals surface area contributed by atoms with Crippen LogP contribution in [-0.4, -0.2) is 23.2 Å². The molecule has 0 aliphatic carbocycles. The van der Waals surface area contributed by atoms with E-state index < -0.39 is 0 Å². The van der Waals surface area contributed by atoms with Gasteiger partial charge in [0.15, 0.2) is 0 Å². The van der Waals surface area contributed by atoms with Crippen molar-refractivity contribution in [2.45, 2.75) is 32.6 Å². The van der Waals surface area contributed by atoms with Crippen LogP contribution >= 0.6 is 0 Å². The van der Waals surface area contributed by atoms with E-state index in [2.05, 4.69) is 29.4 Å². The Kier molecular flexibility index (Phi) is 4.74. The van der Waals surface area contributed by atoms with E-state index in [4.69, 9.17) is 0 Å². The molecule has 1 atom stereocenters. The zero-order valence-electron chi connectivity index (χ0n) is 13.2. The second-order valence-electron chi connectivity index (χ2n) is 6.09. The fourth-order valence-electron chi connectivity index (χ4n) is 3.45. The Hall–Kier alpha value is -1.87. The first-order valence-corrected chi connectivity index (χ1v) is 8.20. The van der Waals surface area contributed by atoms with Crippen LogP contribution < -0.4 is 5.32 Å². The van der Waals surface area contributed by atoms with E-state index >= 15 is 0 Å². The van der Waals surface area contributed by atoms with Gasteiger partial charge < -0.3 is 10.4 Å². The molecule has 0 amide bonds. The number of nitrogens with one attached hydrogen (secondary N) is 1. The highest BCUT2D eigenvalue weighted by Crippen LogP contribution is 2.26. The molecular weight excluding hydrogens is 272 g/mol. The van der Waals surface area contributed by atoms with Crippen LogP contribution in [0.5, 0.6) is 5.75 Å². The lowest BCUT2D eigenvalue weighted by molar-refractivity contribution is 0.430. The number of phenolic OH excluding ortho intramolecular Hbond substituents is 1. The molecule has 3 rings (SSSR count). The van der Waals surface area contributed by atoms with Gasteiger partial charge in [0, 0.05) is 18.1 Å². The van der Waals surface area contributed by atoms with Gasteiger partial charge in [-0.1, -0.05) is 11.6 Å². The third-order valence-corrected chi connectivity index (χ3v) is 4.71. The summed E-state index contributed by atoms with van der Waals surface area (Å²) in [5.74, 6) is 1.05. The number of hydrogen-bond acceptors (Lipinski definition) is 3. The molecule has 1 aliphatic heterocycles. The Morgan fingerprint density at radius 1 is 1.36 bits per heavy atom. The third-order valence-electron chi connectivity index (χ3n) is 4.71. The molecule has 2 heterocycles. The van der Waals surface area contributed by atoms with Gasteiger partial charge in [0.05, 0.1) is 5.52 Å². The van der Waals surface area contributed by atoms with Crippen LogP contribution in [0.2, 0.25) is 0 Å². The molecular formula is C19H24N2O. The molecule has 0 unspecified atom stereocenters.